The molecule has 1 aromatic rings. The summed E-state index contributed by atoms with van der Waals surface area (Å²) < 4.78 is 5.41. The first-order chi connectivity index (χ1) is 9.73. The van der Waals surface area contributed by atoms with Crippen LogP contribution in [0.25, 0.3) is 0 Å². The molecule has 0 heterocycles. The number of benzene rings is 1. The number of alkyl halides is 1. The first kappa shape index (κ1) is 17.7. The first-order valence-corrected chi connectivity index (χ1v) is 8.00. The average molecular weight is 356 g/mol. The summed E-state index contributed by atoms with van der Waals surface area (Å²) in [6.07, 6.45) is -0.146. The fourth-order valence-electron chi connectivity index (χ4n) is 1.67. The molecule has 5 heteroatoms. The highest BCUT2D eigenvalue weighted by molar-refractivity contribution is 9.09. The van der Waals surface area contributed by atoms with Gasteiger partial charge in [0.15, 0.2) is 0 Å². The number of amides is 1. The number of halogens is 1. The predicted molar refractivity (Wildman–Crippen MR) is 88.2 cm³/mol. The quantitative estimate of drug-likeness (QED) is 0.747. The van der Waals surface area contributed by atoms with Crippen molar-refractivity contribution in [1.29, 1.82) is 0 Å². The van der Waals surface area contributed by atoms with Crippen LogP contribution >= 0.6 is 15.9 Å². The third-order valence-corrected chi connectivity index (χ3v) is 3.35. The fraction of sp³-hybridized carbons (Fsp3) is 0.500. The summed E-state index contributed by atoms with van der Waals surface area (Å²) in [4.78, 5) is 25.3. The Hall–Kier alpha value is -1.36. The Morgan fingerprint density at radius 1 is 1.19 bits per heavy atom. The molecule has 4 nitrogen and oxygen atoms in total. The van der Waals surface area contributed by atoms with E-state index in [1.807, 2.05) is 52.0 Å². The molecule has 0 radical (unpaired) electrons. The van der Waals surface area contributed by atoms with Crippen molar-refractivity contribution in [2.45, 2.75) is 39.7 Å². The molecule has 0 spiro atoms. The number of hydrogen-bond acceptors (Lipinski definition) is 3. The smallest absolute Gasteiger partial charge is 0.414 e. The highest BCUT2D eigenvalue weighted by atomic mass is 79.9. The van der Waals surface area contributed by atoms with Crippen LogP contribution in [0.2, 0.25) is 0 Å². The third-order valence-electron chi connectivity index (χ3n) is 2.72. The standard InChI is InChI=1S/C16H22BrNO3/c1-12-5-7-13(8-6-12)18(10-9-14(19)11-17)15(20)21-16(2,3)4/h5-8H,9-11H2,1-4H3. The van der Waals surface area contributed by atoms with Crippen LogP contribution in [0.5, 0.6) is 0 Å². The van der Waals surface area contributed by atoms with Crippen molar-refractivity contribution in [3.05, 3.63) is 29.8 Å². The molecule has 0 aromatic heterocycles. The van der Waals surface area contributed by atoms with Gasteiger partial charge in [0.05, 0.1) is 5.33 Å². The molecule has 0 aliphatic rings. The SMILES string of the molecule is Cc1ccc(N(CCC(=O)CBr)C(=O)OC(C)(C)C)cc1. The zero-order valence-corrected chi connectivity index (χ0v) is 14.6. The third kappa shape index (κ3) is 6.29. The van der Waals surface area contributed by atoms with E-state index in [0.717, 1.165) is 11.3 Å². The zero-order valence-electron chi connectivity index (χ0n) is 13.0. The fourth-order valence-corrected chi connectivity index (χ4v) is 1.95. The molecule has 0 unspecified atom stereocenters. The van der Waals surface area contributed by atoms with E-state index < -0.39 is 11.7 Å². The molecule has 0 saturated carbocycles. The lowest BCUT2D eigenvalue weighted by atomic mass is 10.2. The normalized spacial score (nSPS) is 11.1. The van der Waals surface area contributed by atoms with E-state index in [-0.39, 0.29) is 5.78 Å². The summed E-state index contributed by atoms with van der Waals surface area (Å²) in [5.74, 6) is 0.0515. The van der Waals surface area contributed by atoms with Gasteiger partial charge in [0.2, 0.25) is 0 Å². The van der Waals surface area contributed by atoms with Crippen molar-refractivity contribution in [3.63, 3.8) is 0 Å². The lowest BCUT2D eigenvalue weighted by molar-refractivity contribution is -0.116. The molecule has 1 rings (SSSR count). The molecular weight excluding hydrogens is 334 g/mol. The Balaban J connectivity index is 2.91. The van der Waals surface area contributed by atoms with Crippen LogP contribution in [0.1, 0.15) is 32.8 Å². The van der Waals surface area contributed by atoms with Crippen LogP contribution in [0, 0.1) is 6.92 Å². The molecule has 0 saturated heterocycles. The van der Waals surface area contributed by atoms with E-state index in [0.29, 0.717) is 18.3 Å². The van der Waals surface area contributed by atoms with E-state index in [4.69, 9.17) is 4.74 Å². The summed E-state index contributed by atoms with van der Waals surface area (Å²) in [5.41, 5.74) is 1.27. The predicted octanol–water partition coefficient (Wildman–Crippen LogP) is 4.09. The van der Waals surface area contributed by atoms with Gasteiger partial charge < -0.3 is 4.74 Å². The second-order valence-electron chi connectivity index (χ2n) is 5.89. The van der Waals surface area contributed by atoms with Crippen LogP contribution in [-0.2, 0) is 9.53 Å². The maximum atomic E-state index is 12.3. The van der Waals surface area contributed by atoms with E-state index in [1.54, 1.807) is 0 Å². The van der Waals surface area contributed by atoms with Gasteiger partial charge in [-0.05, 0) is 39.8 Å². The number of Topliss-reactive ketones (excluding diaryl/α,β-unsaturated/α-hetero) is 1. The van der Waals surface area contributed by atoms with Gasteiger partial charge in [0.25, 0.3) is 0 Å². The summed E-state index contributed by atoms with van der Waals surface area (Å²) in [7, 11) is 0. The van der Waals surface area contributed by atoms with Gasteiger partial charge in [-0.3, -0.25) is 9.69 Å². The largest absolute Gasteiger partial charge is 0.443 e. The van der Waals surface area contributed by atoms with Gasteiger partial charge in [-0.25, -0.2) is 4.79 Å². The lowest BCUT2D eigenvalue weighted by Gasteiger charge is -2.27. The summed E-state index contributed by atoms with van der Waals surface area (Å²) >= 11 is 3.13. The molecule has 21 heavy (non-hydrogen) atoms. The number of rotatable bonds is 5. The monoisotopic (exact) mass is 355 g/mol. The molecule has 0 atom stereocenters. The molecular formula is C16H22BrNO3. The highest BCUT2D eigenvalue weighted by Crippen LogP contribution is 2.19. The molecule has 0 bridgehead atoms. The number of aryl methyl sites for hydroxylation is 1. The van der Waals surface area contributed by atoms with Crippen LogP contribution in [0.15, 0.2) is 24.3 Å². The number of carbonyl (C=O) groups is 2. The number of ketones is 1. The topological polar surface area (TPSA) is 46.6 Å². The van der Waals surface area contributed by atoms with E-state index in [1.165, 1.54) is 4.90 Å². The Morgan fingerprint density at radius 2 is 1.76 bits per heavy atom. The number of hydrogen-bond donors (Lipinski definition) is 0. The van der Waals surface area contributed by atoms with Crippen LogP contribution in [0.4, 0.5) is 10.5 Å². The minimum atomic E-state index is -0.570. The number of nitrogens with zero attached hydrogens (tertiary/aromatic N) is 1. The number of carbonyl (C=O) groups excluding carboxylic acids is 2. The first-order valence-electron chi connectivity index (χ1n) is 6.88. The summed E-state index contributed by atoms with van der Waals surface area (Å²) in [6, 6.07) is 7.58. The van der Waals surface area contributed by atoms with Gasteiger partial charge >= 0.3 is 6.09 Å². The Kier molecular flexibility index (Phi) is 6.40. The number of anilines is 1. The minimum Gasteiger partial charge on any atom is -0.443 e. The van der Waals surface area contributed by atoms with Crippen molar-refractivity contribution >= 4 is 33.5 Å². The lowest BCUT2D eigenvalue weighted by Crippen LogP contribution is -2.38. The van der Waals surface area contributed by atoms with Gasteiger partial charge in [0.1, 0.15) is 11.4 Å². The molecule has 0 N–H and O–H groups in total. The Labute approximate surface area is 134 Å². The molecule has 0 aliphatic carbocycles. The maximum absolute atomic E-state index is 12.3. The van der Waals surface area contributed by atoms with Crippen molar-refractivity contribution in [2.75, 3.05) is 16.8 Å². The molecule has 1 aromatic carbocycles. The Morgan fingerprint density at radius 3 is 2.24 bits per heavy atom. The average Bonchev–Trinajstić information content (AvgIpc) is 2.38. The van der Waals surface area contributed by atoms with Gasteiger partial charge in [-0.1, -0.05) is 33.6 Å². The zero-order chi connectivity index (χ0) is 16.0. The van der Waals surface area contributed by atoms with Gasteiger partial charge in [-0.15, -0.1) is 0 Å². The van der Waals surface area contributed by atoms with Crippen LogP contribution in [-0.4, -0.2) is 29.4 Å². The van der Waals surface area contributed by atoms with Crippen molar-refractivity contribution in [2.24, 2.45) is 0 Å². The second-order valence-corrected chi connectivity index (χ2v) is 6.45. The minimum absolute atomic E-state index is 0.0515. The van der Waals surface area contributed by atoms with Crippen LogP contribution < -0.4 is 4.90 Å². The molecule has 116 valence electrons. The second kappa shape index (κ2) is 7.59. The molecule has 0 aliphatic heterocycles. The maximum Gasteiger partial charge on any atom is 0.414 e. The molecule has 1 amide bonds. The van der Waals surface area contributed by atoms with E-state index in [9.17, 15) is 9.59 Å². The van der Waals surface area contributed by atoms with Crippen LogP contribution in [0.3, 0.4) is 0 Å². The van der Waals surface area contributed by atoms with Gasteiger partial charge in [-0.2, -0.15) is 0 Å². The molecule has 0 fully saturated rings. The van der Waals surface area contributed by atoms with Crippen molar-refractivity contribution in [1.82, 2.24) is 0 Å². The highest BCUT2D eigenvalue weighted by Gasteiger charge is 2.23. The van der Waals surface area contributed by atoms with Crippen molar-refractivity contribution < 1.29 is 14.3 Å². The van der Waals surface area contributed by atoms with E-state index in [2.05, 4.69) is 15.9 Å². The summed E-state index contributed by atoms with van der Waals surface area (Å²) in [6.45, 7) is 7.75. The number of ether oxygens (including phenoxy) is 1. The summed E-state index contributed by atoms with van der Waals surface area (Å²) in [5, 5.41) is 0.295. The van der Waals surface area contributed by atoms with E-state index >= 15 is 0 Å². The van der Waals surface area contributed by atoms with Gasteiger partial charge in [0, 0.05) is 18.7 Å². The van der Waals surface area contributed by atoms with Crippen molar-refractivity contribution in [3.8, 4) is 0 Å². The Bertz CT molecular complexity index is 491.